The lowest BCUT2D eigenvalue weighted by Gasteiger charge is -2.35. The third-order valence-corrected chi connectivity index (χ3v) is 9.34. The van der Waals surface area contributed by atoms with E-state index in [9.17, 15) is 19.2 Å². The van der Waals surface area contributed by atoms with Crippen molar-refractivity contribution in [3.63, 3.8) is 0 Å². The van der Waals surface area contributed by atoms with Crippen LogP contribution in [-0.2, 0) is 35.0 Å². The molecule has 6 rings (SSSR count). The van der Waals surface area contributed by atoms with Gasteiger partial charge in [0.05, 0.1) is 61.8 Å². The number of thiazole rings is 1. The van der Waals surface area contributed by atoms with Crippen LogP contribution in [0.5, 0.6) is 0 Å². The van der Waals surface area contributed by atoms with Crippen LogP contribution >= 0.6 is 11.3 Å². The van der Waals surface area contributed by atoms with Gasteiger partial charge in [-0.1, -0.05) is 18.2 Å². The van der Waals surface area contributed by atoms with Gasteiger partial charge in [0, 0.05) is 36.4 Å². The molecule has 0 aliphatic carbocycles. The molecule has 2 aliphatic heterocycles. The lowest BCUT2D eigenvalue weighted by atomic mass is 9.93. The minimum atomic E-state index is -0.992. The zero-order chi connectivity index (χ0) is 34.2. The maximum atomic E-state index is 13.4. The highest BCUT2D eigenvalue weighted by molar-refractivity contribution is 7.21. The van der Waals surface area contributed by atoms with Crippen LogP contribution in [0.1, 0.15) is 34.3 Å². The van der Waals surface area contributed by atoms with E-state index in [0.717, 1.165) is 26.7 Å². The number of anilines is 2. The average Bonchev–Trinajstić information content (AvgIpc) is 3.51. The van der Waals surface area contributed by atoms with Crippen molar-refractivity contribution in [1.82, 2.24) is 15.2 Å². The van der Waals surface area contributed by atoms with Gasteiger partial charge in [-0.15, -0.1) is 11.3 Å². The summed E-state index contributed by atoms with van der Waals surface area (Å²) in [4.78, 5) is 55.8. The molecule has 1 fully saturated rings. The van der Waals surface area contributed by atoms with Crippen LogP contribution in [-0.4, -0.2) is 92.3 Å². The van der Waals surface area contributed by atoms with E-state index in [1.165, 1.54) is 10.3 Å². The van der Waals surface area contributed by atoms with Crippen LogP contribution < -0.4 is 16.0 Å². The first-order valence-corrected chi connectivity index (χ1v) is 17.2. The summed E-state index contributed by atoms with van der Waals surface area (Å²) in [6.45, 7) is 5.88. The molecule has 1 saturated heterocycles. The normalized spacial score (nSPS) is 16.2. The van der Waals surface area contributed by atoms with Crippen molar-refractivity contribution in [1.29, 1.82) is 0 Å². The molecule has 0 spiro atoms. The van der Waals surface area contributed by atoms with E-state index >= 15 is 0 Å². The van der Waals surface area contributed by atoms with Gasteiger partial charge in [-0.2, -0.15) is 0 Å². The molecule has 12 nitrogen and oxygen atoms in total. The number of aryl methyl sites for hydroxylation is 1. The van der Waals surface area contributed by atoms with Gasteiger partial charge in [-0.3, -0.25) is 29.4 Å². The van der Waals surface area contributed by atoms with Crippen LogP contribution in [0.15, 0.2) is 60.7 Å². The molecule has 49 heavy (non-hydrogen) atoms. The Morgan fingerprint density at radius 2 is 1.59 bits per heavy atom. The molecule has 0 bridgehead atoms. The molecule has 1 atom stereocenters. The fourth-order valence-corrected chi connectivity index (χ4v) is 6.90. The van der Waals surface area contributed by atoms with Crippen molar-refractivity contribution in [3.05, 3.63) is 77.4 Å². The minimum absolute atomic E-state index is 0.00243. The van der Waals surface area contributed by atoms with E-state index in [1.807, 2.05) is 0 Å². The fourth-order valence-electron chi connectivity index (χ4n) is 5.83. The summed E-state index contributed by atoms with van der Waals surface area (Å²) in [5.74, 6) is -2.02. The van der Waals surface area contributed by atoms with Gasteiger partial charge >= 0.3 is 0 Å². The van der Waals surface area contributed by atoms with Crippen molar-refractivity contribution in [2.24, 2.45) is 0 Å². The number of ether oxygens (including phenoxy) is 3. The van der Waals surface area contributed by atoms with E-state index in [-0.39, 0.29) is 19.3 Å². The number of nitrogens with one attached hydrogen (secondary N) is 3. The van der Waals surface area contributed by atoms with Crippen LogP contribution in [0.25, 0.3) is 20.8 Å². The number of nitrogens with zero attached hydrogens (tertiary/aromatic N) is 2. The highest BCUT2D eigenvalue weighted by Crippen LogP contribution is 2.32. The number of fused-ring (bicyclic) bond motifs is 2. The van der Waals surface area contributed by atoms with Crippen LogP contribution in [0.4, 0.5) is 11.4 Å². The SMILES string of the molecule is Cc1ccc2nc(-c3ccc(NCCOCCOCCOCCNc4cccc5c4C(=O)N(C4CCC(=O)NC4=O)C(=O)C5)cc3)sc2c1. The van der Waals surface area contributed by atoms with E-state index in [0.29, 0.717) is 69.5 Å². The lowest BCUT2D eigenvalue weighted by molar-refractivity contribution is -0.143. The average molecular weight is 686 g/mol. The molecule has 3 N–H and O–H groups in total. The van der Waals surface area contributed by atoms with Gasteiger partial charge in [-0.25, -0.2) is 4.98 Å². The van der Waals surface area contributed by atoms with Crippen molar-refractivity contribution in [2.45, 2.75) is 32.2 Å². The Hall–Kier alpha value is -4.69. The summed E-state index contributed by atoms with van der Waals surface area (Å²) in [6, 6.07) is 18.9. The number of imide groups is 2. The Balaban J connectivity index is 0.823. The number of aromatic nitrogens is 1. The molecule has 3 heterocycles. The first-order valence-electron chi connectivity index (χ1n) is 16.4. The Bertz CT molecular complexity index is 1830. The monoisotopic (exact) mass is 685 g/mol. The van der Waals surface area contributed by atoms with Crippen molar-refractivity contribution >= 4 is 56.6 Å². The maximum Gasteiger partial charge on any atom is 0.263 e. The number of hydrogen-bond donors (Lipinski definition) is 3. The van der Waals surface area contributed by atoms with Gasteiger partial charge in [0.2, 0.25) is 17.7 Å². The summed E-state index contributed by atoms with van der Waals surface area (Å²) < 4.78 is 18.1. The number of benzene rings is 3. The molecule has 3 aromatic carbocycles. The first-order chi connectivity index (χ1) is 23.9. The van der Waals surface area contributed by atoms with Crippen LogP contribution in [0.3, 0.4) is 0 Å². The van der Waals surface area contributed by atoms with Crippen LogP contribution in [0.2, 0.25) is 0 Å². The van der Waals surface area contributed by atoms with E-state index < -0.39 is 29.7 Å². The minimum Gasteiger partial charge on any atom is -0.383 e. The van der Waals surface area contributed by atoms with Crippen molar-refractivity contribution in [3.8, 4) is 10.6 Å². The summed E-state index contributed by atoms with van der Waals surface area (Å²) in [6.07, 6.45) is 0.200. The number of carbonyl (C=O) groups is 4. The zero-order valence-electron chi connectivity index (χ0n) is 27.3. The van der Waals surface area contributed by atoms with Gasteiger partial charge in [0.1, 0.15) is 11.0 Å². The Labute approximate surface area is 288 Å². The molecular weight excluding hydrogens is 646 g/mol. The highest BCUT2D eigenvalue weighted by Gasteiger charge is 2.42. The molecule has 0 saturated carbocycles. The Morgan fingerprint density at radius 3 is 2.33 bits per heavy atom. The number of carbonyl (C=O) groups excluding carboxylic acids is 4. The highest BCUT2D eigenvalue weighted by atomic mass is 32.1. The van der Waals surface area contributed by atoms with Gasteiger partial charge in [0.15, 0.2) is 0 Å². The number of rotatable bonds is 16. The third-order valence-electron chi connectivity index (χ3n) is 8.27. The zero-order valence-corrected chi connectivity index (χ0v) is 28.1. The summed E-state index contributed by atoms with van der Waals surface area (Å²) in [5.41, 5.74) is 5.91. The third kappa shape index (κ3) is 8.49. The summed E-state index contributed by atoms with van der Waals surface area (Å²) in [7, 11) is 0. The van der Waals surface area contributed by atoms with Gasteiger partial charge in [0.25, 0.3) is 5.91 Å². The molecule has 4 aromatic rings. The molecule has 0 radical (unpaired) electrons. The second kappa shape index (κ2) is 16.1. The first kappa shape index (κ1) is 34.2. The summed E-state index contributed by atoms with van der Waals surface area (Å²) in [5, 5.41) is 9.82. The van der Waals surface area contributed by atoms with Crippen molar-refractivity contribution in [2.75, 3.05) is 63.4 Å². The van der Waals surface area contributed by atoms with Crippen LogP contribution in [0, 0.1) is 6.92 Å². The molecule has 2 aliphatic rings. The number of amides is 4. The number of piperidine rings is 1. The quantitative estimate of drug-likeness (QED) is 0.116. The molecule has 256 valence electrons. The molecule has 4 amide bonds. The predicted molar refractivity (Wildman–Crippen MR) is 187 cm³/mol. The fraction of sp³-hybridized carbons (Fsp3) is 0.361. The topological polar surface area (TPSA) is 148 Å². The standard InChI is InChI=1S/C36H39N5O7S/c1-23-5-10-27-30(21-23)49-35(39-27)24-6-8-26(9-7-24)37-13-15-46-17-19-48-20-18-47-16-14-38-28-4-2-3-25-22-32(43)41(36(45)33(25)28)29-11-12-31(42)40-34(29)44/h2-10,21,29,37-38H,11-20,22H2,1H3,(H,40,42,44). The molecular formula is C36H39N5O7S. The van der Waals surface area contributed by atoms with Gasteiger partial charge in [-0.05, 0) is 66.9 Å². The Kier molecular flexibility index (Phi) is 11.3. The second-order valence-corrected chi connectivity index (χ2v) is 12.8. The number of hydrogen-bond acceptors (Lipinski definition) is 11. The Morgan fingerprint density at radius 1 is 0.878 bits per heavy atom. The largest absolute Gasteiger partial charge is 0.383 e. The van der Waals surface area contributed by atoms with E-state index in [2.05, 4.69) is 65.3 Å². The maximum absolute atomic E-state index is 13.4. The van der Waals surface area contributed by atoms with Gasteiger partial charge < -0.3 is 24.8 Å². The molecule has 1 aromatic heterocycles. The predicted octanol–water partition coefficient (Wildman–Crippen LogP) is 4.18. The lowest BCUT2D eigenvalue weighted by Crippen LogP contribution is -2.58. The molecule has 13 heteroatoms. The summed E-state index contributed by atoms with van der Waals surface area (Å²) >= 11 is 1.70. The smallest absolute Gasteiger partial charge is 0.263 e. The second-order valence-electron chi connectivity index (χ2n) is 11.8. The molecule has 1 unspecified atom stereocenters. The van der Waals surface area contributed by atoms with E-state index in [1.54, 1.807) is 29.5 Å². The van der Waals surface area contributed by atoms with Crippen molar-refractivity contribution < 1.29 is 33.4 Å². The van der Waals surface area contributed by atoms with E-state index in [4.69, 9.17) is 19.2 Å².